The molecule has 0 fully saturated rings. The van der Waals surface area contributed by atoms with Gasteiger partial charge in [-0.1, -0.05) is 29.3 Å². The van der Waals surface area contributed by atoms with Gasteiger partial charge in [-0.3, -0.25) is 4.84 Å². The predicted octanol–water partition coefficient (Wildman–Crippen LogP) is 4.49. The number of ether oxygens (including phenoxy) is 2. The number of hydrogen-bond acceptors (Lipinski definition) is 4. The standard InChI is InChI=1S/C16H14Cl2N2O4/c1-20(22-2)16(21)19-9-6-7-12-13(8-9)24-15(23-12)14-10(17)4-3-5-11(14)18/h3-8,15H,1-2H3,(H,19,21). The van der Waals surface area contributed by atoms with Gasteiger partial charge in [-0.05, 0) is 24.3 Å². The molecule has 3 rings (SSSR count). The molecule has 8 heteroatoms. The van der Waals surface area contributed by atoms with Crippen molar-refractivity contribution in [1.29, 1.82) is 0 Å². The molecule has 1 N–H and O–H groups in total. The van der Waals surface area contributed by atoms with Crippen molar-refractivity contribution in [3.05, 3.63) is 52.0 Å². The molecule has 0 spiro atoms. The molecule has 0 radical (unpaired) electrons. The Morgan fingerprint density at radius 1 is 1.17 bits per heavy atom. The molecule has 126 valence electrons. The molecule has 2 aromatic carbocycles. The summed E-state index contributed by atoms with van der Waals surface area (Å²) < 4.78 is 11.5. The first-order valence-electron chi connectivity index (χ1n) is 6.99. The van der Waals surface area contributed by atoms with E-state index in [1.165, 1.54) is 14.2 Å². The number of benzene rings is 2. The van der Waals surface area contributed by atoms with Crippen molar-refractivity contribution in [1.82, 2.24) is 5.06 Å². The molecule has 6 nitrogen and oxygen atoms in total. The Morgan fingerprint density at radius 3 is 2.50 bits per heavy atom. The highest BCUT2D eigenvalue weighted by Crippen LogP contribution is 2.44. The number of urea groups is 1. The van der Waals surface area contributed by atoms with Crippen molar-refractivity contribution in [2.75, 3.05) is 19.5 Å². The zero-order chi connectivity index (χ0) is 17.3. The zero-order valence-corrected chi connectivity index (χ0v) is 14.4. The summed E-state index contributed by atoms with van der Waals surface area (Å²) in [5.74, 6) is 1.02. The Hall–Kier alpha value is -2.15. The van der Waals surface area contributed by atoms with E-state index in [1.807, 2.05) is 0 Å². The number of nitrogens with zero attached hydrogens (tertiary/aromatic N) is 1. The Morgan fingerprint density at radius 2 is 1.83 bits per heavy atom. The molecule has 1 aliphatic heterocycles. The van der Waals surface area contributed by atoms with Gasteiger partial charge in [0, 0.05) is 18.8 Å². The summed E-state index contributed by atoms with van der Waals surface area (Å²) in [5, 5.41) is 4.65. The van der Waals surface area contributed by atoms with Gasteiger partial charge in [0.2, 0.25) is 0 Å². The van der Waals surface area contributed by atoms with Crippen molar-refractivity contribution in [2.45, 2.75) is 6.29 Å². The topological polar surface area (TPSA) is 60.0 Å². The van der Waals surface area contributed by atoms with Crippen molar-refractivity contribution >= 4 is 34.9 Å². The van der Waals surface area contributed by atoms with Crippen LogP contribution in [0.15, 0.2) is 36.4 Å². The maximum Gasteiger partial charge on any atom is 0.345 e. The summed E-state index contributed by atoms with van der Waals surface area (Å²) in [7, 11) is 2.90. The minimum Gasteiger partial charge on any atom is -0.447 e. The summed E-state index contributed by atoms with van der Waals surface area (Å²) >= 11 is 12.4. The first-order valence-corrected chi connectivity index (χ1v) is 7.75. The molecule has 0 aliphatic carbocycles. The van der Waals surface area contributed by atoms with Crippen LogP contribution in [0.4, 0.5) is 10.5 Å². The number of carbonyl (C=O) groups is 1. The van der Waals surface area contributed by atoms with E-state index in [2.05, 4.69) is 5.32 Å². The normalized spacial score (nSPS) is 15.2. The molecule has 1 atom stereocenters. The lowest BCUT2D eigenvalue weighted by Gasteiger charge is -2.14. The first kappa shape index (κ1) is 16.7. The lowest BCUT2D eigenvalue weighted by atomic mass is 10.2. The number of halogens is 2. The van der Waals surface area contributed by atoms with Crippen LogP contribution in [0.3, 0.4) is 0 Å². The van der Waals surface area contributed by atoms with Crippen LogP contribution in [0.2, 0.25) is 10.0 Å². The fourth-order valence-electron chi connectivity index (χ4n) is 2.17. The molecule has 2 amide bonds. The van der Waals surface area contributed by atoms with E-state index >= 15 is 0 Å². The van der Waals surface area contributed by atoms with E-state index in [4.69, 9.17) is 37.5 Å². The third-order valence-corrected chi connectivity index (χ3v) is 4.12. The fourth-order valence-corrected chi connectivity index (χ4v) is 2.74. The maximum atomic E-state index is 11.8. The Labute approximate surface area is 148 Å². The molecular weight excluding hydrogens is 355 g/mol. The fraction of sp³-hybridized carbons (Fsp3) is 0.188. The number of hydrogen-bond donors (Lipinski definition) is 1. The third kappa shape index (κ3) is 3.21. The highest BCUT2D eigenvalue weighted by molar-refractivity contribution is 6.36. The molecular formula is C16H14Cl2N2O4. The number of rotatable bonds is 3. The number of amides is 2. The van der Waals surface area contributed by atoms with E-state index in [9.17, 15) is 4.79 Å². The average Bonchev–Trinajstić information content (AvgIpc) is 2.96. The lowest BCUT2D eigenvalue weighted by molar-refractivity contribution is -0.0598. The van der Waals surface area contributed by atoms with E-state index in [-0.39, 0.29) is 0 Å². The largest absolute Gasteiger partial charge is 0.447 e. The van der Waals surface area contributed by atoms with E-state index in [0.29, 0.717) is 32.8 Å². The van der Waals surface area contributed by atoms with Gasteiger partial charge in [0.25, 0.3) is 6.29 Å². The summed E-state index contributed by atoms with van der Waals surface area (Å²) in [6.45, 7) is 0. The van der Waals surface area contributed by atoms with Crippen LogP contribution in [0.5, 0.6) is 11.5 Å². The SMILES string of the molecule is CON(C)C(=O)Nc1ccc2c(c1)OC(c1c(Cl)cccc1Cl)O2. The second kappa shape index (κ2) is 6.76. The highest BCUT2D eigenvalue weighted by Gasteiger charge is 2.29. The second-order valence-electron chi connectivity index (χ2n) is 4.97. The van der Waals surface area contributed by atoms with Gasteiger partial charge in [-0.15, -0.1) is 0 Å². The van der Waals surface area contributed by atoms with Crippen molar-refractivity contribution in [3.8, 4) is 11.5 Å². The van der Waals surface area contributed by atoms with Gasteiger partial charge in [-0.25, -0.2) is 9.86 Å². The van der Waals surface area contributed by atoms with Gasteiger partial charge in [0.05, 0.1) is 22.7 Å². The summed E-state index contributed by atoms with van der Waals surface area (Å²) in [6.07, 6.45) is -0.742. The number of nitrogens with one attached hydrogen (secondary N) is 1. The summed E-state index contributed by atoms with van der Waals surface area (Å²) in [4.78, 5) is 16.6. The predicted molar refractivity (Wildman–Crippen MR) is 90.7 cm³/mol. The first-order chi connectivity index (χ1) is 11.5. The number of carbonyl (C=O) groups excluding carboxylic acids is 1. The number of fused-ring (bicyclic) bond motifs is 1. The Balaban J connectivity index is 1.80. The van der Waals surface area contributed by atoms with Gasteiger partial charge in [0.1, 0.15) is 0 Å². The quantitative estimate of drug-likeness (QED) is 0.810. The minimum absolute atomic E-state index is 0.415. The molecule has 0 saturated heterocycles. The van der Waals surface area contributed by atoms with Crippen LogP contribution in [0, 0.1) is 0 Å². The van der Waals surface area contributed by atoms with Crippen LogP contribution >= 0.6 is 23.2 Å². The van der Waals surface area contributed by atoms with E-state index in [0.717, 1.165) is 5.06 Å². The third-order valence-electron chi connectivity index (χ3n) is 3.46. The monoisotopic (exact) mass is 368 g/mol. The van der Waals surface area contributed by atoms with Gasteiger partial charge < -0.3 is 14.8 Å². The van der Waals surface area contributed by atoms with Crippen molar-refractivity contribution in [3.63, 3.8) is 0 Å². The van der Waals surface area contributed by atoms with Crippen LogP contribution in [0.1, 0.15) is 11.9 Å². The highest BCUT2D eigenvalue weighted by atomic mass is 35.5. The number of anilines is 1. The summed E-state index contributed by atoms with van der Waals surface area (Å²) in [5.41, 5.74) is 1.10. The van der Waals surface area contributed by atoms with Crippen molar-refractivity contribution in [2.24, 2.45) is 0 Å². The molecule has 2 aromatic rings. The van der Waals surface area contributed by atoms with E-state index in [1.54, 1.807) is 36.4 Å². The Kier molecular flexibility index (Phi) is 4.71. The van der Waals surface area contributed by atoms with Crippen LogP contribution in [-0.4, -0.2) is 25.3 Å². The summed E-state index contributed by atoms with van der Waals surface area (Å²) in [6, 6.07) is 9.80. The maximum absolute atomic E-state index is 11.8. The Bertz CT molecular complexity index is 764. The van der Waals surface area contributed by atoms with Gasteiger partial charge in [0.15, 0.2) is 11.5 Å². The minimum atomic E-state index is -0.742. The average molecular weight is 369 g/mol. The van der Waals surface area contributed by atoms with Crippen LogP contribution < -0.4 is 14.8 Å². The lowest BCUT2D eigenvalue weighted by Crippen LogP contribution is -2.30. The molecule has 1 aliphatic rings. The van der Waals surface area contributed by atoms with Gasteiger partial charge in [-0.2, -0.15) is 0 Å². The smallest absolute Gasteiger partial charge is 0.345 e. The van der Waals surface area contributed by atoms with E-state index < -0.39 is 12.3 Å². The second-order valence-corrected chi connectivity index (χ2v) is 5.79. The molecule has 0 aromatic heterocycles. The molecule has 0 bridgehead atoms. The van der Waals surface area contributed by atoms with Gasteiger partial charge >= 0.3 is 6.03 Å². The molecule has 0 saturated carbocycles. The molecule has 1 heterocycles. The van der Waals surface area contributed by atoms with Crippen LogP contribution in [0.25, 0.3) is 0 Å². The number of hydroxylamine groups is 2. The zero-order valence-electron chi connectivity index (χ0n) is 12.9. The molecule has 1 unspecified atom stereocenters. The molecule has 24 heavy (non-hydrogen) atoms. The van der Waals surface area contributed by atoms with Crippen LogP contribution in [-0.2, 0) is 4.84 Å². The van der Waals surface area contributed by atoms with Crippen molar-refractivity contribution < 1.29 is 19.1 Å².